The highest BCUT2D eigenvalue weighted by molar-refractivity contribution is 5.74. The molecule has 2 rings (SSSR count). The van der Waals surface area contributed by atoms with Crippen LogP contribution in [0.1, 0.15) is 33.6 Å². The van der Waals surface area contributed by atoms with Gasteiger partial charge in [-0.2, -0.15) is 0 Å². The average molecular weight is 271 g/mol. The van der Waals surface area contributed by atoms with Crippen molar-refractivity contribution in [3.63, 3.8) is 0 Å². The van der Waals surface area contributed by atoms with Crippen molar-refractivity contribution in [2.75, 3.05) is 19.8 Å². The number of carboxylic acids is 1. The molecule has 1 N–H and O–H groups in total. The molecule has 0 bridgehead atoms. The summed E-state index contributed by atoms with van der Waals surface area (Å²) in [4.78, 5) is 24.9. The molecule has 0 radical (unpaired) electrons. The van der Waals surface area contributed by atoms with E-state index in [0.717, 1.165) is 0 Å². The summed E-state index contributed by atoms with van der Waals surface area (Å²) >= 11 is 0. The van der Waals surface area contributed by atoms with Gasteiger partial charge in [-0.3, -0.25) is 9.69 Å². The number of carboxylic acid groups (broad SMARTS) is 1. The Morgan fingerprint density at radius 3 is 2.42 bits per heavy atom. The molecule has 6 nitrogen and oxygen atoms in total. The summed E-state index contributed by atoms with van der Waals surface area (Å²) in [6, 6.07) is 0. The predicted octanol–water partition coefficient (Wildman–Crippen LogP) is 1.49. The van der Waals surface area contributed by atoms with Gasteiger partial charge in [0, 0.05) is 6.54 Å². The van der Waals surface area contributed by atoms with Crippen LogP contribution in [0.25, 0.3) is 0 Å². The molecule has 0 aromatic carbocycles. The van der Waals surface area contributed by atoms with Crippen molar-refractivity contribution in [3.05, 3.63) is 0 Å². The standard InChI is InChI=1S/C13H21NO5/c1-12(2,3)19-11(17)14-6-9(10(15)16)4-5-13(14)7-18-8-13/h9H,4-8H2,1-3H3,(H,15,16). The largest absolute Gasteiger partial charge is 0.481 e. The third kappa shape index (κ3) is 2.83. The summed E-state index contributed by atoms with van der Waals surface area (Å²) in [6.45, 7) is 6.54. The van der Waals surface area contributed by atoms with E-state index < -0.39 is 23.6 Å². The summed E-state index contributed by atoms with van der Waals surface area (Å²) in [7, 11) is 0. The molecule has 1 atom stereocenters. The molecule has 1 unspecified atom stereocenters. The molecule has 6 heteroatoms. The van der Waals surface area contributed by atoms with Gasteiger partial charge in [-0.15, -0.1) is 0 Å². The maximum Gasteiger partial charge on any atom is 0.410 e. The third-order valence-corrected chi connectivity index (χ3v) is 3.64. The van der Waals surface area contributed by atoms with Crippen LogP contribution in [0.5, 0.6) is 0 Å². The quantitative estimate of drug-likeness (QED) is 0.782. The van der Waals surface area contributed by atoms with Crippen LogP contribution in [0, 0.1) is 5.92 Å². The highest BCUT2D eigenvalue weighted by Gasteiger charge is 2.51. The second-order valence-corrected chi connectivity index (χ2v) is 6.38. The van der Waals surface area contributed by atoms with Crippen molar-refractivity contribution in [1.82, 2.24) is 4.90 Å². The molecule has 0 aliphatic carbocycles. The van der Waals surface area contributed by atoms with Gasteiger partial charge in [-0.25, -0.2) is 4.79 Å². The Kier molecular flexibility index (Phi) is 3.47. The van der Waals surface area contributed by atoms with Crippen LogP contribution in [0.2, 0.25) is 0 Å². The van der Waals surface area contributed by atoms with E-state index in [1.807, 2.05) is 0 Å². The smallest absolute Gasteiger partial charge is 0.410 e. The normalized spacial score (nSPS) is 25.8. The molecule has 2 fully saturated rings. The van der Waals surface area contributed by atoms with Crippen LogP contribution in [0.15, 0.2) is 0 Å². The molecule has 19 heavy (non-hydrogen) atoms. The van der Waals surface area contributed by atoms with E-state index in [4.69, 9.17) is 14.6 Å². The van der Waals surface area contributed by atoms with Crippen LogP contribution >= 0.6 is 0 Å². The Hall–Kier alpha value is -1.30. The molecule has 0 saturated carbocycles. The summed E-state index contributed by atoms with van der Waals surface area (Å²) in [6.07, 6.45) is 0.794. The minimum Gasteiger partial charge on any atom is -0.481 e. The number of piperidine rings is 1. The van der Waals surface area contributed by atoms with Crippen molar-refractivity contribution >= 4 is 12.1 Å². The summed E-state index contributed by atoms with van der Waals surface area (Å²) in [5.41, 5.74) is -0.937. The number of carbonyl (C=O) groups is 2. The molecule has 1 amide bonds. The van der Waals surface area contributed by atoms with Crippen LogP contribution in [0.3, 0.4) is 0 Å². The van der Waals surface area contributed by atoms with Gasteiger partial charge in [0.2, 0.25) is 0 Å². The molecular weight excluding hydrogens is 250 g/mol. The number of ether oxygens (including phenoxy) is 2. The van der Waals surface area contributed by atoms with Crippen molar-refractivity contribution in [2.45, 2.75) is 44.8 Å². The minimum absolute atomic E-state index is 0.202. The van der Waals surface area contributed by atoms with E-state index in [0.29, 0.717) is 26.1 Å². The van der Waals surface area contributed by atoms with Crippen molar-refractivity contribution < 1.29 is 24.2 Å². The first-order valence-corrected chi connectivity index (χ1v) is 6.55. The zero-order chi connectivity index (χ0) is 14.3. The van der Waals surface area contributed by atoms with Crippen LogP contribution in [0.4, 0.5) is 4.79 Å². The lowest BCUT2D eigenvalue weighted by Gasteiger charge is -2.53. The van der Waals surface area contributed by atoms with Gasteiger partial charge in [0.25, 0.3) is 0 Å². The number of amides is 1. The van der Waals surface area contributed by atoms with Crippen molar-refractivity contribution in [3.8, 4) is 0 Å². The number of carbonyl (C=O) groups excluding carboxylic acids is 1. The fourth-order valence-corrected chi connectivity index (χ4v) is 2.51. The zero-order valence-electron chi connectivity index (χ0n) is 11.6. The number of aliphatic carboxylic acids is 1. The highest BCUT2D eigenvalue weighted by atomic mass is 16.6. The summed E-state index contributed by atoms with van der Waals surface area (Å²) < 4.78 is 10.6. The van der Waals surface area contributed by atoms with E-state index >= 15 is 0 Å². The van der Waals surface area contributed by atoms with Crippen LogP contribution in [-0.2, 0) is 14.3 Å². The van der Waals surface area contributed by atoms with E-state index in [9.17, 15) is 9.59 Å². The number of likely N-dealkylation sites (tertiary alicyclic amines) is 1. The van der Waals surface area contributed by atoms with E-state index in [1.165, 1.54) is 0 Å². The topological polar surface area (TPSA) is 76.1 Å². The second-order valence-electron chi connectivity index (χ2n) is 6.38. The van der Waals surface area contributed by atoms with E-state index in [1.54, 1.807) is 25.7 Å². The number of hydrogen-bond donors (Lipinski definition) is 1. The molecule has 2 heterocycles. The molecule has 2 aliphatic rings. The number of hydrogen-bond acceptors (Lipinski definition) is 4. The summed E-state index contributed by atoms with van der Waals surface area (Å²) in [5, 5.41) is 9.12. The first-order chi connectivity index (χ1) is 8.73. The maximum atomic E-state index is 12.2. The van der Waals surface area contributed by atoms with Gasteiger partial charge in [0.15, 0.2) is 0 Å². The van der Waals surface area contributed by atoms with Gasteiger partial charge in [0.1, 0.15) is 5.60 Å². The highest BCUT2D eigenvalue weighted by Crippen LogP contribution is 2.37. The molecule has 2 saturated heterocycles. The van der Waals surface area contributed by atoms with Crippen LogP contribution < -0.4 is 0 Å². The van der Waals surface area contributed by atoms with E-state index in [-0.39, 0.29) is 12.1 Å². The monoisotopic (exact) mass is 271 g/mol. The second kappa shape index (κ2) is 4.67. The Labute approximate surface area is 112 Å². The minimum atomic E-state index is -0.858. The molecule has 2 aliphatic heterocycles. The van der Waals surface area contributed by atoms with Gasteiger partial charge in [-0.05, 0) is 33.6 Å². The Bertz CT molecular complexity index is 383. The lowest BCUT2D eigenvalue weighted by Crippen LogP contribution is -2.67. The lowest BCUT2D eigenvalue weighted by atomic mass is 9.81. The molecular formula is C13H21NO5. The first kappa shape index (κ1) is 14.1. The third-order valence-electron chi connectivity index (χ3n) is 3.64. The van der Waals surface area contributed by atoms with Crippen LogP contribution in [-0.4, -0.2) is 53.0 Å². The predicted molar refractivity (Wildman–Crippen MR) is 66.8 cm³/mol. The molecule has 108 valence electrons. The Morgan fingerprint density at radius 2 is 2.00 bits per heavy atom. The van der Waals surface area contributed by atoms with Gasteiger partial charge < -0.3 is 14.6 Å². The molecule has 0 aromatic rings. The lowest BCUT2D eigenvalue weighted by molar-refractivity contribution is -0.168. The van der Waals surface area contributed by atoms with Crippen molar-refractivity contribution in [1.29, 1.82) is 0 Å². The van der Waals surface area contributed by atoms with Gasteiger partial charge >= 0.3 is 12.1 Å². The SMILES string of the molecule is CC(C)(C)OC(=O)N1CC(C(=O)O)CCC12COC2. The fraction of sp³-hybridized carbons (Fsp3) is 0.846. The van der Waals surface area contributed by atoms with Gasteiger partial charge in [0.05, 0.1) is 24.7 Å². The van der Waals surface area contributed by atoms with Gasteiger partial charge in [-0.1, -0.05) is 0 Å². The van der Waals surface area contributed by atoms with E-state index in [2.05, 4.69) is 0 Å². The zero-order valence-corrected chi connectivity index (χ0v) is 11.6. The Balaban J connectivity index is 2.12. The molecule has 1 spiro atoms. The number of rotatable bonds is 1. The maximum absolute atomic E-state index is 12.2. The van der Waals surface area contributed by atoms with Crippen molar-refractivity contribution in [2.24, 2.45) is 5.92 Å². The first-order valence-electron chi connectivity index (χ1n) is 6.55. The number of nitrogens with zero attached hydrogens (tertiary/aromatic N) is 1. The molecule has 0 aromatic heterocycles. The Morgan fingerprint density at radius 1 is 1.37 bits per heavy atom. The fourth-order valence-electron chi connectivity index (χ4n) is 2.51. The average Bonchev–Trinajstić information content (AvgIpc) is 2.23. The summed E-state index contributed by atoms with van der Waals surface area (Å²) in [5.74, 6) is -1.37.